The lowest BCUT2D eigenvalue weighted by molar-refractivity contribution is -0.117. The van der Waals surface area contributed by atoms with Crippen LogP contribution in [-0.2, 0) is 67.3 Å². The molecule has 0 unspecified atom stereocenters. The number of phenolic OH excluding ortho intramolecular Hbond substituents is 13. The molecular formula is C104H106N6O20. The van der Waals surface area contributed by atoms with E-state index in [0.29, 0.717) is 88.2 Å². The quantitative estimate of drug-likeness (QED) is 0.0142. The van der Waals surface area contributed by atoms with Crippen LogP contribution in [0.5, 0.6) is 80.5 Å². The van der Waals surface area contributed by atoms with Gasteiger partial charge in [0.2, 0.25) is 35.4 Å². The normalized spacial score (nSPS) is 10.7. The molecule has 0 heterocycles. The molecule has 130 heavy (non-hydrogen) atoms. The molecule has 0 fully saturated rings. The number of amides is 6. The van der Waals surface area contributed by atoms with Gasteiger partial charge in [0, 0.05) is 75.7 Å². The largest absolute Gasteiger partial charge is 0.508 e. The van der Waals surface area contributed by atoms with E-state index in [1.165, 1.54) is 73.9 Å². The predicted octanol–water partition coefficient (Wildman–Crippen LogP) is 14.8. The fourth-order valence-electron chi connectivity index (χ4n) is 11.4. The third-order valence-electron chi connectivity index (χ3n) is 18.6. The molecule has 12 aromatic rings. The molecule has 0 atom stereocenters. The number of nitrogens with one attached hydrogen (secondary N) is 6. The maximum atomic E-state index is 11.8. The highest BCUT2D eigenvalue weighted by atomic mass is 16.5. The summed E-state index contributed by atoms with van der Waals surface area (Å²) in [5.41, 5.74) is 11.7. The summed E-state index contributed by atoms with van der Waals surface area (Å²) >= 11 is 0. The van der Waals surface area contributed by atoms with Gasteiger partial charge in [-0.2, -0.15) is 0 Å². The Labute approximate surface area is 753 Å². The molecule has 12 aromatic carbocycles. The number of phenols is 13. The van der Waals surface area contributed by atoms with Crippen LogP contribution in [0.4, 0.5) is 0 Å². The van der Waals surface area contributed by atoms with Crippen molar-refractivity contribution in [3.8, 4) is 80.5 Å². The van der Waals surface area contributed by atoms with Gasteiger partial charge in [-0.05, 0) is 288 Å². The Morgan fingerprint density at radius 3 is 0.685 bits per heavy atom. The zero-order valence-electron chi connectivity index (χ0n) is 71.6. The zero-order chi connectivity index (χ0) is 93.8. The Hall–Kier alpha value is -16.9. The van der Waals surface area contributed by atoms with Crippen molar-refractivity contribution in [2.45, 2.75) is 45.4 Å². The van der Waals surface area contributed by atoms with Crippen LogP contribution in [0.1, 0.15) is 72.3 Å². The van der Waals surface area contributed by atoms with E-state index in [1.54, 1.807) is 194 Å². The van der Waals surface area contributed by atoms with Crippen molar-refractivity contribution >= 4 is 71.9 Å². The fraction of sp³-hybridized carbons (Fsp3) is 0.135. The molecule has 12 rings (SSSR count). The first-order valence-corrected chi connectivity index (χ1v) is 41.1. The molecular weight excluding hydrogens is 1650 g/mol. The van der Waals surface area contributed by atoms with Crippen LogP contribution >= 0.6 is 0 Å². The second kappa shape index (κ2) is 55.4. The number of rotatable bonds is 31. The van der Waals surface area contributed by atoms with Crippen LogP contribution in [0, 0.1) is 6.92 Å². The van der Waals surface area contributed by atoms with E-state index in [4.69, 9.17) is 14.9 Å². The van der Waals surface area contributed by atoms with Gasteiger partial charge in [-0.25, -0.2) is 0 Å². The van der Waals surface area contributed by atoms with Crippen molar-refractivity contribution in [1.29, 1.82) is 0 Å². The minimum absolute atomic E-state index is 0.0583. The minimum Gasteiger partial charge on any atom is -0.508 e. The molecule has 6 amide bonds. The minimum atomic E-state index is -0.244. The molecule has 26 nitrogen and oxygen atoms in total. The second-order valence-corrected chi connectivity index (χ2v) is 28.7. The van der Waals surface area contributed by atoms with Crippen molar-refractivity contribution in [1.82, 2.24) is 31.9 Å². The van der Waals surface area contributed by atoms with Crippen LogP contribution < -0.4 is 36.6 Å². The first-order valence-electron chi connectivity index (χ1n) is 41.1. The first kappa shape index (κ1) is 100. The SMILES string of the molecule is COc1cc(/C=C/C(=O)NCCc2ccc(O)cc2)ccc1O.Cc1cc(/C=C\C(=O)NCCc2ccc(O)cc2)ccc1O.O=C(/C=C/c1ccc(O)c(O)c1)NCCc1ccc(O)cc1.O=C(/C=C/c1ccc(O)cc1)NCCc1ccc(O)cc1.O=C(/C=C/c1ccccc1)NCCc1ccc(O)cc1.O=C(/C=C\c1ccc(O)c(O)c1)NCCc1ccc(O)cc1. The summed E-state index contributed by atoms with van der Waals surface area (Å²) in [5, 5.41) is 137. The Morgan fingerprint density at radius 2 is 0.438 bits per heavy atom. The number of carbonyl (C=O) groups excluding carboxylic acids is 6. The molecule has 0 spiro atoms. The zero-order valence-corrected chi connectivity index (χ0v) is 71.6. The summed E-state index contributed by atoms with van der Waals surface area (Å²) in [6.07, 6.45) is 22.7. The molecule has 26 heteroatoms. The maximum absolute atomic E-state index is 11.8. The van der Waals surface area contributed by atoms with Gasteiger partial charge in [-0.1, -0.05) is 140 Å². The average molecular weight is 1760 g/mol. The number of benzene rings is 12. The monoisotopic (exact) mass is 1760 g/mol. The highest BCUT2D eigenvalue weighted by molar-refractivity contribution is 5.94. The van der Waals surface area contributed by atoms with E-state index in [-0.39, 0.29) is 110 Å². The molecule has 0 saturated carbocycles. The lowest BCUT2D eigenvalue weighted by Gasteiger charge is -2.04. The highest BCUT2D eigenvalue weighted by Gasteiger charge is 2.08. The molecule has 0 aliphatic rings. The first-order chi connectivity index (χ1) is 62.6. The lowest BCUT2D eigenvalue weighted by atomic mass is 10.1. The molecule has 672 valence electrons. The molecule has 0 aliphatic carbocycles. The number of aromatic hydroxyl groups is 13. The van der Waals surface area contributed by atoms with Crippen molar-refractivity contribution < 1.29 is 99.9 Å². The average Bonchev–Trinajstić information content (AvgIpc) is 0.879. The van der Waals surface area contributed by atoms with E-state index < -0.39 is 0 Å². The van der Waals surface area contributed by atoms with E-state index in [2.05, 4.69) is 31.9 Å². The molecule has 19 N–H and O–H groups in total. The van der Waals surface area contributed by atoms with Crippen molar-refractivity contribution in [3.05, 3.63) is 382 Å². The topological polar surface area (TPSA) is 447 Å². The molecule has 0 bridgehead atoms. The van der Waals surface area contributed by atoms with Gasteiger partial charge in [-0.15, -0.1) is 0 Å². The van der Waals surface area contributed by atoms with Gasteiger partial charge in [-0.3, -0.25) is 28.8 Å². The summed E-state index contributed by atoms with van der Waals surface area (Å²) < 4.78 is 5.01. The van der Waals surface area contributed by atoms with Gasteiger partial charge in [0.05, 0.1) is 7.11 Å². The smallest absolute Gasteiger partial charge is 0.244 e. The predicted molar refractivity (Wildman–Crippen MR) is 505 cm³/mol. The van der Waals surface area contributed by atoms with Gasteiger partial charge >= 0.3 is 0 Å². The summed E-state index contributed by atoms with van der Waals surface area (Å²) in [7, 11) is 1.47. The Balaban J connectivity index is 0.000000214. The Kier molecular flexibility index (Phi) is 42.7. The maximum Gasteiger partial charge on any atom is 0.244 e. The van der Waals surface area contributed by atoms with E-state index in [1.807, 2.05) is 91.9 Å². The Morgan fingerprint density at radius 1 is 0.231 bits per heavy atom. The molecule has 0 saturated heterocycles. The van der Waals surface area contributed by atoms with Crippen molar-refractivity contribution in [3.63, 3.8) is 0 Å². The number of methoxy groups -OCH3 is 1. The third kappa shape index (κ3) is 41.1. The van der Waals surface area contributed by atoms with Crippen LogP contribution in [0.15, 0.2) is 309 Å². The number of aryl methyl sites for hydroxylation is 1. The van der Waals surface area contributed by atoms with E-state index >= 15 is 0 Å². The summed E-state index contributed by atoms with van der Waals surface area (Å²) in [6, 6.07) is 76.3. The number of hydrogen-bond donors (Lipinski definition) is 19. The number of ether oxygens (including phenoxy) is 1. The van der Waals surface area contributed by atoms with Crippen LogP contribution in [-0.4, -0.2) is 148 Å². The number of hydrogen-bond acceptors (Lipinski definition) is 20. The fourth-order valence-corrected chi connectivity index (χ4v) is 11.4. The van der Waals surface area contributed by atoms with Crippen molar-refractivity contribution in [2.75, 3.05) is 46.4 Å². The summed E-state index contributed by atoms with van der Waals surface area (Å²) in [6.45, 7) is 4.91. The number of carbonyl (C=O) groups is 6. The molecule has 0 aromatic heterocycles. The highest BCUT2D eigenvalue weighted by Crippen LogP contribution is 2.29. The standard InChI is InChI=1S/C18H19NO4.C18H19NO3.2C17H17NO4.C17H17NO3.C17H17NO2/c1-23-17-12-14(4-8-16(17)21)5-9-18(22)19-11-10-13-2-6-15(20)7-3-13;1-13-12-15(4-8-17(13)21)5-9-18(22)19-11-10-14-2-6-16(20)7-3-14;2*19-14-5-1-12(2-6-14)9-10-18-17(22)8-4-13-3-7-15(20)16(21)11-13;19-15-6-1-13(2-7-15)5-10-17(21)18-12-11-14-3-8-16(20)9-4-14;19-16-9-6-15(7-10-16)12-13-18-17(20)11-8-14-4-2-1-3-5-14/h2-9,12,20-21H,10-11H2,1H3,(H,19,22);2-9,12,20-21H,10-11H2,1H3,(H,19,22);2*1-8,11,19-21H,9-10H2,(H,18,22);1-10,19-20H,11-12H2,(H,18,21);1-11,19H,12-13H2,(H,18,20)/b9-5+;9-5-;8-4+;8-4-;10-5+;11-8+. The summed E-state index contributed by atoms with van der Waals surface area (Å²) in [5.74, 6) is 0.279. The van der Waals surface area contributed by atoms with Gasteiger partial charge in [0.25, 0.3) is 0 Å². The Bertz CT molecular complexity index is 5460. The molecule has 0 aliphatic heterocycles. The van der Waals surface area contributed by atoms with Gasteiger partial charge < -0.3 is 103 Å². The summed E-state index contributed by atoms with van der Waals surface area (Å²) in [4.78, 5) is 70.1. The second-order valence-electron chi connectivity index (χ2n) is 28.7. The molecule has 0 radical (unpaired) electrons. The van der Waals surface area contributed by atoms with Gasteiger partial charge in [0.1, 0.15) is 46.0 Å². The van der Waals surface area contributed by atoms with E-state index in [0.717, 1.165) is 67.6 Å². The lowest BCUT2D eigenvalue weighted by Crippen LogP contribution is -2.23. The van der Waals surface area contributed by atoms with Gasteiger partial charge in [0.15, 0.2) is 34.5 Å². The van der Waals surface area contributed by atoms with Crippen LogP contribution in [0.25, 0.3) is 36.5 Å². The third-order valence-corrected chi connectivity index (χ3v) is 18.6. The van der Waals surface area contributed by atoms with Crippen LogP contribution in [0.3, 0.4) is 0 Å². The van der Waals surface area contributed by atoms with Crippen molar-refractivity contribution in [2.24, 2.45) is 0 Å². The van der Waals surface area contributed by atoms with E-state index in [9.17, 15) is 84.9 Å². The van der Waals surface area contributed by atoms with Crippen LogP contribution in [0.2, 0.25) is 0 Å².